The number of halogens is 6. The Morgan fingerprint density at radius 1 is 0.806 bits per heavy atom. The molecule has 166 valence electrons. The Labute approximate surface area is 176 Å². The molecule has 2 aromatic rings. The van der Waals surface area contributed by atoms with Crippen LogP contribution in [0.5, 0.6) is 0 Å². The fraction of sp³-hybridized carbons (Fsp3) is 0.273. The minimum Gasteiger partial charge on any atom is -0.354 e. The molecule has 1 atom stereocenters. The summed E-state index contributed by atoms with van der Waals surface area (Å²) >= 11 is 0. The van der Waals surface area contributed by atoms with Gasteiger partial charge in [0.25, 0.3) is 0 Å². The predicted molar refractivity (Wildman–Crippen MR) is 105 cm³/mol. The maximum absolute atomic E-state index is 13.1. The molecule has 0 saturated heterocycles. The Kier molecular flexibility index (Phi) is 6.64. The van der Waals surface area contributed by atoms with E-state index in [4.69, 9.17) is 0 Å². The molecule has 1 aliphatic heterocycles. The fourth-order valence-corrected chi connectivity index (χ4v) is 3.22. The fourth-order valence-electron chi connectivity index (χ4n) is 3.22. The van der Waals surface area contributed by atoms with Crippen molar-refractivity contribution in [2.24, 2.45) is 0 Å². The lowest BCUT2D eigenvalue weighted by molar-refractivity contribution is -0.143. The Balaban J connectivity index is 1.79. The van der Waals surface area contributed by atoms with Crippen molar-refractivity contribution in [1.82, 2.24) is 15.1 Å². The van der Waals surface area contributed by atoms with E-state index in [0.717, 1.165) is 17.7 Å². The second-order valence-electron chi connectivity index (χ2n) is 7.18. The highest BCUT2D eigenvalue weighted by Gasteiger charge is 2.36. The molecule has 0 radical (unpaired) electrons. The molecular weight excluding hydrogens is 420 g/mol. The largest absolute Gasteiger partial charge is 0.416 e. The standard InChI is InChI=1S/C22H21F6N3/c1-30-7-9-31(10-8-30)20(17-5-3-2-4-6-17)15-29-14-16-11-18(21(23,24)25)13-19(12-16)22(26,27)28/h2-13,20,29H,14-15H2,1H3. The number of hydrogen-bond donors (Lipinski definition) is 1. The third-order valence-electron chi connectivity index (χ3n) is 4.81. The molecule has 0 spiro atoms. The van der Waals surface area contributed by atoms with Gasteiger partial charge in [-0.05, 0) is 29.3 Å². The summed E-state index contributed by atoms with van der Waals surface area (Å²) in [5.41, 5.74) is -1.76. The summed E-state index contributed by atoms with van der Waals surface area (Å²) < 4.78 is 78.4. The summed E-state index contributed by atoms with van der Waals surface area (Å²) in [6.07, 6.45) is -2.33. The van der Waals surface area contributed by atoms with Crippen LogP contribution in [-0.2, 0) is 18.9 Å². The van der Waals surface area contributed by atoms with Crippen LogP contribution in [0.4, 0.5) is 26.3 Å². The average molecular weight is 441 g/mol. The van der Waals surface area contributed by atoms with Gasteiger partial charge in [0, 0.05) is 44.9 Å². The number of nitrogens with one attached hydrogen (secondary N) is 1. The van der Waals surface area contributed by atoms with Gasteiger partial charge in [-0.3, -0.25) is 0 Å². The maximum Gasteiger partial charge on any atom is 0.416 e. The highest BCUT2D eigenvalue weighted by molar-refractivity contribution is 5.33. The predicted octanol–water partition coefficient (Wildman–Crippen LogP) is 5.74. The summed E-state index contributed by atoms with van der Waals surface area (Å²) in [6.45, 7) is 0.164. The minimum atomic E-state index is -4.86. The van der Waals surface area contributed by atoms with E-state index in [9.17, 15) is 26.3 Å². The van der Waals surface area contributed by atoms with Gasteiger partial charge < -0.3 is 15.1 Å². The van der Waals surface area contributed by atoms with Gasteiger partial charge in [-0.1, -0.05) is 30.3 Å². The van der Waals surface area contributed by atoms with Crippen LogP contribution in [0.3, 0.4) is 0 Å². The van der Waals surface area contributed by atoms with Crippen LogP contribution >= 0.6 is 0 Å². The number of alkyl halides is 6. The lowest BCUT2D eigenvalue weighted by atomic mass is 10.0. The third kappa shape index (κ3) is 6.04. The van der Waals surface area contributed by atoms with Crippen molar-refractivity contribution in [2.75, 3.05) is 13.6 Å². The Morgan fingerprint density at radius 2 is 1.35 bits per heavy atom. The van der Waals surface area contributed by atoms with Crippen molar-refractivity contribution >= 4 is 0 Å². The highest BCUT2D eigenvalue weighted by Crippen LogP contribution is 2.36. The van der Waals surface area contributed by atoms with E-state index < -0.39 is 23.5 Å². The van der Waals surface area contributed by atoms with Crippen LogP contribution in [0.1, 0.15) is 28.3 Å². The molecule has 31 heavy (non-hydrogen) atoms. The van der Waals surface area contributed by atoms with Crippen LogP contribution in [-0.4, -0.2) is 23.4 Å². The first-order valence-electron chi connectivity index (χ1n) is 9.44. The molecule has 0 amide bonds. The average Bonchev–Trinajstić information content (AvgIpc) is 2.71. The molecule has 1 N–H and O–H groups in total. The second-order valence-corrected chi connectivity index (χ2v) is 7.18. The lowest BCUT2D eigenvalue weighted by Crippen LogP contribution is -2.31. The molecule has 3 rings (SSSR count). The Hall–Kier alpha value is -2.94. The summed E-state index contributed by atoms with van der Waals surface area (Å²) in [6, 6.07) is 10.9. The number of benzene rings is 2. The smallest absolute Gasteiger partial charge is 0.354 e. The van der Waals surface area contributed by atoms with Crippen molar-refractivity contribution in [3.63, 3.8) is 0 Å². The van der Waals surface area contributed by atoms with E-state index in [-0.39, 0.29) is 24.2 Å². The maximum atomic E-state index is 13.1. The van der Waals surface area contributed by atoms with E-state index in [1.807, 2.05) is 72.0 Å². The summed E-state index contributed by atoms with van der Waals surface area (Å²) in [7, 11) is 1.87. The van der Waals surface area contributed by atoms with Gasteiger partial charge in [0.1, 0.15) is 0 Å². The monoisotopic (exact) mass is 441 g/mol. The number of hydrogen-bond acceptors (Lipinski definition) is 3. The first-order chi connectivity index (χ1) is 14.5. The molecule has 0 aromatic heterocycles. The Morgan fingerprint density at radius 3 is 1.87 bits per heavy atom. The molecule has 0 bridgehead atoms. The summed E-state index contributed by atoms with van der Waals surface area (Å²) in [4.78, 5) is 3.78. The summed E-state index contributed by atoms with van der Waals surface area (Å²) in [5.74, 6) is 0. The van der Waals surface area contributed by atoms with E-state index in [2.05, 4.69) is 5.32 Å². The van der Waals surface area contributed by atoms with Crippen LogP contribution < -0.4 is 5.32 Å². The first-order valence-corrected chi connectivity index (χ1v) is 9.44. The molecule has 0 aliphatic carbocycles. The molecule has 3 nitrogen and oxygen atoms in total. The van der Waals surface area contributed by atoms with E-state index >= 15 is 0 Å². The molecule has 9 heteroatoms. The number of nitrogens with zero attached hydrogens (tertiary/aromatic N) is 2. The normalized spacial score (nSPS) is 15.5. The highest BCUT2D eigenvalue weighted by atomic mass is 19.4. The summed E-state index contributed by atoms with van der Waals surface area (Å²) in [5, 5.41) is 3.01. The first kappa shape index (κ1) is 22.7. The van der Waals surface area contributed by atoms with Gasteiger partial charge in [-0.25, -0.2) is 0 Å². The van der Waals surface area contributed by atoms with Crippen molar-refractivity contribution in [1.29, 1.82) is 0 Å². The zero-order valence-electron chi connectivity index (χ0n) is 16.6. The van der Waals surface area contributed by atoms with Gasteiger partial charge >= 0.3 is 12.4 Å². The van der Waals surface area contributed by atoms with Crippen molar-refractivity contribution in [3.05, 3.63) is 95.6 Å². The van der Waals surface area contributed by atoms with Crippen LogP contribution in [0.25, 0.3) is 0 Å². The molecule has 2 aromatic carbocycles. The van der Waals surface area contributed by atoms with Gasteiger partial charge in [-0.2, -0.15) is 26.3 Å². The van der Waals surface area contributed by atoms with E-state index in [1.54, 1.807) is 0 Å². The quantitative estimate of drug-likeness (QED) is 0.577. The molecule has 1 heterocycles. The van der Waals surface area contributed by atoms with Gasteiger partial charge in [0.15, 0.2) is 0 Å². The minimum absolute atomic E-state index is 0.0848. The topological polar surface area (TPSA) is 18.5 Å². The van der Waals surface area contributed by atoms with Crippen LogP contribution in [0.2, 0.25) is 0 Å². The van der Waals surface area contributed by atoms with Crippen molar-refractivity contribution in [3.8, 4) is 0 Å². The molecule has 0 fully saturated rings. The van der Waals surface area contributed by atoms with Crippen LogP contribution in [0.15, 0.2) is 73.3 Å². The Bertz CT molecular complexity index is 888. The SMILES string of the molecule is CN1C=CN(C(CNCc2cc(C(F)(F)F)cc(C(F)(F)F)c2)c2ccccc2)C=C1. The molecular formula is C22H21F6N3. The zero-order chi connectivity index (χ0) is 22.6. The van der Waals surface area contributed by atoms with Gasteiger partial charge in [-0.15, -0.1) is 0 Å². The molecule has 1 aliphatic rings. The third-order valence-corrected chi connectivity index (χ3v) is 4.81. The van der Waals surface area contributed by atoms with E-state index in [1.165, 1.54) is 0 Å². The second kappa shape index (κ2) is 9.05. The zero-order valence-corrected chi connectivity index (χ0v) is 16.6. The lowest BCUT2D eigenvalue weighted by Gasteiger charge is -2.31. The van der Waals surface area contributed by atoms with Gasteiger partial charge in [0.2, 0.25) is 0 Å². The molecule has 0 saturated carbocycles. The number of rotatable bonds is 6. The van der Waals surface area contributed by atoms with Gasteiger partial charge in [0.05, 0.1) is 17.2 Å². The molecule has 1 unspecified atom stereocenters. The van der Waals surface area contributed by atoms with Crippen LogP contribution in [0, 0.1) is 0 Å². The van der Waals surface area contributed by atoms with Crippen molar-refractivity contribution in [2.45, 2.75) is 24.9 Å². The van der Waals surface area contributed by atoms with E-state index in [0.29, 0.717) is 6.54 Å². The van der Waals surface area contributed by atoms with Crippen molar-refractivity contribution < 1.29 is 26.3 Å².